The van der Waals surface area contributed by atoms with Crippen LogP contribution in [0.2, 0.25) is 0 Å². The van der Waals surface area contributed by atoms with E-state index in [2.05, 4.69) is 15.5 Å². The van der Waals surface area contributed by atoms with E-state index in [1.54, 1.807) is 4.57 Å². The lowest BCUT2D eigenvalue weighted by atomic mass is 9.98. The molecule has 0 aromatic carbocycles. The molecule has 1 N–H and O–H groups in total. The van der Waals surface area contributed by atoms with Gasteiger partial charge in [-0.3, -0.25) is 0 Å². The summed E-state index contributed by atoms with van der Waals surface area (Å²) in [5, 5.41) is 11.3. The first-order valence-corrected chi connectivity index (χ1v) is 6.62. The molecule has 0 saturated heterocycles. The van der Waals surface area contributed by atoms with Gasteiger partial charge in [0.25, 0.3) is 0 Å². The van der Waals surface area contributed by atoms with Crippen LogP contribution in [-0.2, 0) is 13.0 Å². The number of likely N-dealkylation sites (N-methyl/N-ethyl adjacent to an activating group) is 1. The number of nitrogens with one attached hydrogen (secondary N) is 1. The highest BCUT2D eigenvalue weighted by molar-refractivity contribution is 5.05. The molecule has 19 heavy (non-hydrogen) atoms. The van der Waals surface area contributed by atoms with Gasteiger partial charge in [0.1, 0.15) is 11.6 Å². The molecular formula is C12H19F3N4. The van der Waals surface area contributed by atoms with E-state index in [1.807, 2.05) is 13.8 Å². The molecule has 0 aliphatic carbocycles. The Kier molecular flexibility index (Phi) is 4.13. The number of hydrogen-bond acceptors (Lipinski definition) is 3. The van der Waals surface area contributed by atoms with E-state index in [-0.39, 0.29) is 18.9 Å². The van der Waals surface area contributed by atoms with E-state index in [1.165, 1.54) is 0 Å². The second-order valence-electron chi connectivity index (χ2n) is 5.07. The zero-order chi connectivity index (χ0) is 14.0. The Hall–Kier alpha value is -1.11. The minimum absolute atomic E-state index is 0.0440. The topological polar surface area (TPSA) is 42.7 Å². The highest BCUT2D eigenvalue weighted by Gasteiger charge is 2.42. The van der Waals surface area contributed by atoms with Crippen LogP contribution in [0, 0.1) is 5.92 Å². The van der Waals surface area contributed by atoms with Crippen molar-refractivity contribution in [1.29, 1.82) is 0 Å². The fraction of sp³-hybridized carbons (Fsp3) is 0.833. The maximum Gasteiger partial charge on any atom is 0.393 e. The van der Waals surface area contributed by atoms with Crippen LogP contribution in [0.15, 0.2) is 0 Å². The number of alkyl halides is 3. The molecule has 1 aliphatic heterocycles. The minimum atomic E-state index is -4.13. The van der Waals surface area contributed by atoms with E-state index in [0.717, 1.165) is 6.54 Å². The van der Waals surface area contributed by atoms with E-state index in [4.69, 9.17) is 0 Å². The predicted octanol–water partition coefficient (Wildman–Crippen LogP) is 2.12. The van der Waals surface area contributed by atoms with Crippen molar-refractivity contribution >= 4 is 0 Å². The molecule has 1 aromatic rings. The standard InChI is InChI=1S/C12H19F3N4/c1-3-16-6-8(2)11-18-17-10-5-4-9(7-19(10)11)12(13,14)15/h8-9,16H,3-7H2,1-2H3. The Bertz CT molecular complexity index is 427. The molecule has 0 spiro atoms. The largest absolute Gasteiger partial charge is 0.393 e. The highest BCUT2D eigenvalue weighted by atomic mass is 19.4. The lowest BCUT2D eigenvalue weighted by Crippen LogP contribution is -2.33. The van der Waals surface area contributed by atoms with Crippen LogP contribution in [0.4, 0.5) is 13.2 Å². The second-order valence-corrected chi connectivity index (χ2v) is 5.07. The first-order valence-electron chi connectivity index (χ1n) is 6.62. The molecule has 108 valence electrons. The molecule has 2 atom stereocenters. The van der Waals surface area contributed by atoms with Gasteiger partial charge >= 0.3 is 6.18 Å². The fourth-order valence-corrected chi connectivity index (χ4v) is 2.43. The zero-order valence-corrected chi connectivity index (χ0v) is 11.2. The number of aromatic nitrogens is 3. The molecule has 0 radical (unpaired) electrons. The zero-order valence-electron chi connectivity index (χ0n) is 11.2. The van der Waals surface area contributed by atoms with Gasteiger partial charge in [-0.05, 0) is 13.0 Å². The summed E-state index contributed by atoms with van der Waals surface area (Å²) in [6.07, 6.45) is -3.67. The van der Waals surface area contributed by atoms with Crippen molar-refractivity contribution in [3.05, 3.63) is 11.6 Å². The predicted molar refractivity (Wildman–Crippen MR) is 64.8 cm³/mol. The van der Waals surface area contributed by atoms with Crippen molar-refractivity contribution < 1.29 is 13.2 Å². The highest BCUT2D eigenvalue weighted by Crippen LogP contribution is 2.35. The number of nitrogens with zero attached hydrogens (tertiary/aromatic N) is 3. The summed E-state index contributed by atoms with van der Waals surface area (Å²) in [5.41, 5.74) is 0. The van der Waals surface area contributed by atoms with Gasteiger partial charge in [-0.15, -0.1) is 10.2 Å². The van der Waals surface area contributed by atoms with Crippen molar-refractivity contribution in [3.63, 3.8) is 0 Å². The van der Waals surface area contributed by atoms with Crippen LogP contribution in [0.1, 0.15) is 37.8 Å². The average Bonchev–Trinajstić information content (AvgIpc) is 2.77. The Morgan fingerprint density at radius 3 is 2.79 bits per heavy atom. The summed E-state index contributed by atoms with van der Waals surface area (Å²) >= 11 is 0. The third kappa shape index (κ3) is 3.08. The Morgan fingerprint density at radius 1 is 1.42 bits per heavy atom. The molecule has 2 unspecified atom stereocenters. The summed E-state index contributed by atoms with van der Waals surface area (Å²) in [5.74, 6) is 0.123. The van der Waals surface area contributed by atoms with Crippen LogP contribution in [0.25, 0.3) is 0 Å². The summed E-state index contributed by atoms with van der Waals surface area (Å²) < 4.78 is 40.1. The quantitative estimate of drug-likeness (QED) is 0.916. The van der Waals surface area contributed by atoms with Crippen LogP contribution >= 0.6 is 0 Å². The lowest BCUT2D eigenvalue weighted by Gasteiger charge is -2.27. The van der Waals surface area contributed by atoms with Crippen LogP contribution in [-0.4, -0.2) is 34.0 Å². The monoisotopic (exact) mass is 276 g/mol. The van der Waals surface area contributed by atoms with Crippen LogP contribution in [0.5, 0.6) is 0 Å². The lowest BCUT2D eigenvalue weighted by molar-refractivity contribution is -0.182. The average molecular weight is 276 g/mol. The van der Waals surface area contributed by atoms with Crippen LogP contribution < -0.4 is 5.32 Å². The van der Waals surface area contributed by atoms with Gasteiger partial charge in [0.05, 0.1) is 5.92 Å². The third-order valence-corrected chi connectivity index (χ3v) is 3.58. The van der Waals surface area contributed by atoms with Gasteiger partial charge in [-0.25, -0.2) is 0 Å². The molecule has 0 fully saturated rings. The molecule has 1 aromatic heterocycles. The molecular weight excluding hydrogens is 257 g/mol. The van der Waals surface area contributed by atoms with Crippen molar-refractivity contribution in [3.8, 4) is 0 Å². The van der Waals surface area contributed by atoms with Gasteiger partial charge in [-0.2, -0.15) is 13.2 Å². The third-order valence-electron chi connectivity index (χ3n) is 3.58. The minimum Gasteiger partial charge on any atom is -0.316 e. The summed E-state index contributed by atoms with van der Waals surface area (Å²) in [6, 6.07) is 0. The number of fused-ring (bicyclic) bond motifs is 1. The van der Waals surface area contributed by atoms with E-state index < -0.39 is 12.1 Å². The Morgan fingerprint density at radius 2 is 2.16 bits per heavy atom. The first kappa shape index (κ1) is 14.3. The van der Waals surface area contributed by atoms with Gasteiger partial charge < -0.3 is 9.88 Å². The van der Waals surface area contributed by atoms with Gasteiger partial charge in [0.2, 0.25) is 0 Å². The molecule has 1 aliphatic rings. The maximum absolute atomic E-state index is 12.8. The molecule has 0 amide bonds. The number of aryl methyl sites for hydroxylation is 1. The van der Waals surface area contributed by atoms with Crippen LogP contribution in [0.3, 0.4) is 0 Å². The van der Waals surface area contributed by atoms with Crippen molar-refractivity contribution in [1.82, 2.24) is 20.1 Å². The molecule has 7 heteroatoms. The van der Waals surface area contributed by atoms with Crippen molar-refractivity contribution in [2.75, 3.05) is 13.1 Å². The summed E-state index contributed by atoms with van der Waals surface area (Å²) in [4.78, 5) is 0. The molecule has 0 saturated carbocycles. The van der Waals surface area contributed by atoms with Crippen molar-refractivity contribution in [2.24, 2.45) is 5.92 Å². The van der Waals surface area contributed by atoms with Gasteiger partial charge in [-0.1, -0.05) is 13.8 Å². The maximum atomic E-state index is 12.8. The van der Waals surface area contributed by atoms with E-state index >= 15 is 0 Å². The molecule has 2 rings (SSSR count). The second kappa shape index (κ2) is 5.48. The molecule has 0 bridgehead atoms. The van der Waals surface area contributed by atoms with E-state index in [9.17, 15) is 13.2 Å². The number of rotatable bonds is 4. The summed E-state index contributed by atoms with van der Waals surface area (Å²) in [7, 11) is 0. The van der Waals surface area contributed by atoms with Gasteiger partial charge in [0.15, 0.2) is 0 Å². The van der Waals surface area contributed by atoms with Crippen molar-refractivity contribution in [2.45, 2.75) is 45.3 Å². The molecule has 4 nitrogen and oxygen atoms in total. The fourth-order valence-electron chi connectivity index (χ4n) is 2.43. The Balaban J connectivity index is 2.15. The SMILES string of the molecule is CCNCC(C)c1nnc2n1CC(C(F)(F)F)CC2. The normalized spacial score (nSPS) is 21.2. The first-order chi connectivity index (χ1) is 8.93. The summed E-state index contributed by atoms with van der Waals surface area (Å²) in [6.45, 7) is 5.43. The van der Waals surface area contributed by atoms with E-state index in [0.29, 0.717) is 24.6 Å². The molecule has 2 heterocycles. The van der Waals surface area contributed by atoms with Gasteiger partial charge in [0, 0.05) is 25.4 Å². The number of halogens is 3. The number of hydrogen-bond donors (Lipinski definition) is 1. The smallest absolute Gasteiger partial charge is 0.316 e. The Labute approximate surface area is 110 Å².